The summed E-state index contributed by atoms with van der Waals surface area (Å²) in [6, 6.07) is 10.7. The van der Waals surface area contributed by atoms with Crippen molar-refractivity contribution in [2.24, 2.45) is 11.7 Å². The van der Waals surface area contributed by atoms with Crippen molar-refractivity contribution in [2.45, 2.75) is 32.2 Å². The van der Waals surface area contributed by atoms with Crippen LogP contribution in [0.4, 0.5) is 5.69 Å². The maximum absolute atomic E-state index is 9.34. The Labute approximate surface area is 109 Å². The predicted octanol–water partition coefficient (Wildman–Crippen LogP) is 2.45. The maximum atomic E-state index is 9.34. The average molecular weight is 243 g/mol. The topological polar surface area (TPSA) is 53.0 Å². The van der Waals surface area contributed by atoms with Crippen LogP contribution in [-0.2, 0) is 0 Å². The van der Waals surface area contributed by atoms with Crippen LogP contribution >= 0.6 is 0 Å². The highest BCUT2D eigenvalue weighted by Gasteiger charge is 2.43. The van der Waals surface area contributed by atoms with E-state index in [-0.39, 0.29) is 0 Å². The van der Waals surface area contributed by atoms with E-state index < -0.39 is 5.54 Å². The number of hydrogen-bond donors (Lipinski definition) is 1. The van der Waals surface area contributed by atoms with Crippen molar-refractivity contribution in [2.75, 3.05) is 18.0 Å². The van der Waals surface area contributed by atoms with Gasteiger partial charge in [0.1, 0.15) is 5.54 Å². The van der Waals surface area contributed by atoms with Crippen LogP contribution in [0.3, 0.4) is 0 Å². The minimum atomic E-state index is -0.695. The molecule has 0 heterocycles. The van der Waals surface area contributed by atoms with Crippen LogP contribution in [0.25, 0.3) is 0 Å². The quantitative estimate of drug-likeness (QED) is 0.864. The predicted molar refractivity (Wildman–Crippen MR) is 74.3 cm³/mol. The van der Waals surface area contributed by atoms with Gasteiger partial charge in [0.25, 0.3) is 0 Å². The summed E-state index contributed by atoms with van der Waals surface area (Å²) >= 11 is 0. The van der Waals surface area contributed by atoms with Gasteiger partial charge in [0.2, 0.25) is 0 Å². The van der Waals surface area contributed by atoms with Crippen LogP contribution in [0.2, 0.25) is 0 Å². The molecule has 96 valence electrons. The molecule has 0 aliphatic heterocycles. The first-order valence-electron chi connectivity index (χ1n) is 6.61. The lowest BCUT2D eigenvalue weighted by Gasteiger charge is -2.31. The third-order valence-corrected chi connectivity index (χ3v) is 3.72. The summed E-state index contributed by atoms with van der Waals surface area (Å²) in [4.78, 5) is 2.20. The van der Waals surface area contributed by atoms with Crippen LogP contribution < -0.4 is 10.6 Å². The van der Waals surface area contributed by atoms with Crippen molar-refractivity contribution >= 4 is 5.69 Å². The van der Waals surface area contributed by atoms with E-state index in [0.29, 0.717) is 12.5 Å². The smallest absolute Gasteiger partial charge is 0.124 e. The highest BCUT2D eigenvalue weighted by atomic mass is 15.2. The summed E-state index contributed by atoms with van der Waals surface area (Å²) < 4.78 is 0. The van der Waals surface area contributed by atoms with E-state index in [2.05, 4.69) is 49.1 Å². The molecule has 1 aliphatic carbocycles. The van der Waals surface area contributed by atoms with E-state index in [0.717, 1.165) is 25.1 Å². The van der Waals surface area contributed by atoms with Crippen molar-refractivity contribution in [3.05, 3.63) is 29.8 Å². The largest absolute Gasteiger partial charge is 0.369 e. The van der Waals surface area contributed by atoms with E-state index in [1.807, 2.05) is 0 Å². The Kier molecular flexibility index (Phi) is 3.58. The second-order valence-corrected chi connectivity index (χ2v) is 5.28. The first kappa shape index (κ1) is 12.9. The number of nitriles is 1. The summed E-state index contributed by atoms with van der Waals surface area (Å²) in [6.45, 7) is 5.68. The zero-order valence-corrected chi connectivity index (χ0v) is 11.2. The van der Waals surface area contributed by atoms with Crippen LogP contribution in [-0.4, -0.2) is 18.6 Å². The van der Waals surface area contributed by atoms with Crippen molar-refractivity contribution in [3.8, 4) is 6.07 Å². The minimum absolute atomic E-state index is 0.376. The number of benzene rings is 1. The Hall–Kier alpha value is -1.53. The zero-order valence-electron chi connectivity index (χ0n) is 11.2. The molecule has 1 unspecified atom stereocenters. The van der Waals surface area contributed by atoms with Crippen molar-refractivity contribution in [1.82, 2.24) is 0 Å². The lowest BCUT2D eigenvalue weighted by atomic mass is 9.95. The molecule has 2 N–H and O–H groups in total. The van der Waals surface area contributed by atoms with Crippen molar-refractivity contribution < 1.29 is 0 Å². The fraction of sp³-hybridized carbons (Fsp3) is 0.533. The monoisotopic (exact) mass is 243 g/mol. The second-order valence-electron chi connectivity index (χ2n) is 5.28. The Balaban J connectivity index is 2.17. The summed E-state index contributed by atoms with van der Waals surface area (Å²) in [7, 11) is 0. The highest BCUT2D eigenvalue weighted by molar-refractivity contribution is 5.49. The standard InChI is InChI=1S/C15H21N3/c1-3-18(14-6-4-5-12(2)9-14)11-15(17,10-16)13-7-8-13/h4-6,9,13H,3,7-8,11,17H2,1-2H3. The molecule has 1 fully saturated rings. The molecule has 1 aromatic carbocycles. The van der Waals surface area contributed by atoms with Gasteiger partial charge in [-0.05, 0) is 50.3 Å². The Morgan fingerprint density at radius 3 is 2.72 bits per heavy atom. The molecule has 3 nitrogen and oxygen atoms in total. The molecule has 2 rings (SSSR count). The fourth-order valence-electron chi connectivity index (χ4n) is 2.38. The van der Waals surface area contributed by atoms with Crippen molar-refractivity contribution in [3.63, 3.8) is 0 Å². The molecule has 1 saturated carbocycles. The minimum Gasteiger partial charge on any atom is -0.369 e. The summed E-state index contributed by atoms with van der Waals surface area (Å²) in [5.41, 5.74) is 7.95. The van der Waals surface area contributed by atoms with Gasteiger partial charge in [-0.25, -0.2) is 0 Å². The molecular weight excluding hydrogens is 222 g/mol. The highest BCUT2D eigenvalue weighted by Crippen LogP contribution is 2.38. The number of anilines is 1. The molecular formula is C15H21N3. The maximum Gasteiger partial charge on any atom is 0.124 e. The van der Waals surface area contributed by atoms with Crippen LogP contribution in [0.15, 0.2) is 24.3 Å². The fourth-order valence-corrected chi connectivity index (χ4v) is 2.38. The lowest BCUT2D eigenvalue weighted by molar-refractivity contribution is 0.469. The molecule has 0 amide bonds. The first-order valence-corrected chi connectivity index (χ1v) is 6.61. The van der Waals surface area contributed by atoms with Gasteiger partial charge in [0.05, 0.1) is 6.07 Å². The van der Waals surface area contributed by atoms with Gasteiger partial charge in [-0.3, -0.25) is 0 Å². The molecule has 0 saturated heterocycles. The third-order valence-electron chi connectivity index (χ3n) is 3.72. The Morgan fingerprint density at radius 2 is 2.22 bits per heavy atom. The number of likely N-dealkylation sites (N-methyl/N-ethyl adjacent to an activating group) is 1. The number of nitrogens with zero attached hydrogens (tertiary/aromatic N) is 2. The number of hydrogen-bond acceptors (Lipinski definition) is 3. The Bertz CT molecular complexity index is 459. The molecule has 1 aliphatic rings. The summed E-state index contributed by atoms with van der Waals surface area (Å²) in [5.74, 6) is 0.376. The van der Waals surface area contributed by atoms with Gasteiger partial charge >= 0.3 is 0 Å². The third kappa shape index (κ3) is 2.65. The van der Waals surface area contributed by atoms with Gasteiger partial charge in [0, 0.05) is 18.8 Å². The molecule has 0 radical (unpaired) electrons. The first-order chi connectivity index (χ1) is 8.59. The average Bonchev–Trinajstić information content (AvgIpc) is 3.20. The van der Waals surface area contributed by atoms with Gasteiger partial charge in [0.15, 0.2) is 0 Å². The molecule has 3 heteroatoms. The van der Waals surface area contributed by atoms with E-state index in [4.69, 9.17) is 5.73 Å². The van der Waals surface area contributed by atoms with Gasteiger partial charge in [-0.15, -0.1) is 0 Å². The SMILES string of the molecule is CCN(CC(N)(C#N)C1CC1)c1cccc(C)c1. The second kappa shape index (κ2) is 4.99. The molecule has 0 spiro atoms. The van der Waals surface area contributed by atoms with E-state index in [9.17, 15) is 5.26 Å². The number of nitrogens with two attached hydrogens (primary N) is 1. The van der Waals surface area contributed by atoms with Crippen molar-refractivity contribution in [1.29, 1.82) is 5.26 Å². The summed E-state index contributed by atoms with van der Waals surface area (Å²) in [5, 5.41) is 9.34. The molecule has 18 heavy (non-hydrogen) atoms. The van der Waals surface area contributed by atoms with E-state index >= 15 is 0 Å². The molecule has 0 bridgehead atoms. The molecule has 1 aromatic rings. The lowest BCUT2D eigenvalue weighted by Crippen LogP contribution is -2.51. The number of rotatable bonds is 5. The normalized spacial score (nSPS) is 17.9. The van der Waals surface area contributed by atoms with E-state index in [1.165, 1.54) is 5.56 Å². The van der Waals surface area contributed by atoms with Crippen LogP contribution in [0.1, 0.15) is 25.3 Å². The molecule has 0 aromatic heterocycles. The summed E-state index contributed by atoms with van der Waals surface area (Å²) in [6.07, 6.45) is 2.19. The molecule has 1 atom stereocenters. The zero-order chi connectivity index (χ0) is 13.2. The van der Waals surface area contributed by atoms with Crippen LogP contribution in [0.5, 0.6) is 0 Å². The Morgan fingerprint density at radius 1 is 1.50 bits per heavy atom. The van der Waals surface area contributed by atoms with Gasteiger partial charge < -0.3 is 10.6 Å². The van der Waals surface area contributed by atoms with E-state index in [1.54, 1.807) is 0 Å². The van der Waals surface area contributed by atoms with Crippen LogP contribution in [0, 0.1) is 24.2 Å². The number of aryl methyl sites for hydroxylation is 1. The van der Waals surface area contributed by atoms with Gasteiger partial charge in [-0.2, -0.15) is 5.26 Å². The van der Waals surface area contributed by atoms with Gasteiger partial charge in [-0.1, -0.05) is 12.1 Å².